The van der Waals surface area contributed by atoms with E-state index in [1.165, 1.54) is 0 Å². The Labute approximate surface area is 392 Å². The topological polar surface area (TPSA) is 116 Å². The largest absolute Gasteiger partial charge is 0.394 e. The lowest BCUT2D eigenvalue weighted by Crippen LogP contribution is -2.49. The molecule has 0 bridgehead atoms. The zero-order valence-electron chi connectivity index (χ0n) is 38.8. The summed E-state index contributed by atoms with van der Waals surface area (Å²) in [5, 5.41) is 31.4. The van der Waals surface area contributed by atoms with Gasteiger partial charge >= 0.3 is 0 Å². The van der Waals surface area contributed by atoms with Crippen LogP contribution in [-0.2, 0) is 68.1 Å². The normalized spacial score (nSPS) is 15.0. The Balaban J connectivity index is 0.000000247. The molecule has 9 nitrogen and oxygen atoms in total. The second-order valence-electron chi connectivity index (χ2n) is 16.3. The molecule has 3 N–H and O–H groups in total. The third-order valence-electron chi connectivity index (χ3n) is 11.3. The highest BCUT2D eigenvalue weighted by Gasteiger charge is 2.37. The number of rotatable bonds is 28. The summed E-state index contributed by atoms with van der Waals surface area (Å²) in [5.74, 6) is 0. The number of hydrogen-bond donors (Lipinski definition) is 3. The smallest absolute Gasteiger partial charge is 0.115 e. The van der Waals surface area contributed by atoms with Crippen molar-refractivity contribution in [1.82, 2.24) is 0 Å². The van der Waals surface area contributed by atoms with Crippen molar-refractivity contribution in [3.63, 3.8) is 0 Å². The average molecular weight is 899 g/mol. The molecule has 8 atom stereocenters. The lowest BCUT2D eigenvalue weighted by atomic mass is 9.98. The van der Waals surface area contributed by atoms with Crippen molar-refractivity contribution >= 4 is 0 Å². The van der Waals surface area contributed by atoms with Gasteiger partial charge in [0.2, 0.25) is 0 Å². The van der Waals surface area contributed by atoms with Crippen molar-refractivity contribution in [3.05, 3.63) is 215 Å². The van der Waals surface area contributed by atoms with E-state index in [2.05, 4.69) is 19.1 Å². The summed E-state index contributed by atoms with van der Waals surface area (Å²) in [6, 6.07) is 59.8. The molecule has 2 unspecified atom stereocenters. The van der Waals surface area contributed by atoms with Crippen LogP contribution in [0.2, 0.25) is 0 Å². The second kappa shape index (κ2) is 30.3. The Morgan fingerprint density at radius 1 is 0.303 bits per heavy atom. The summed E-state index contributed by atoms with van der Waals surface area (Å²) in [4.78, 5) is 0. The summed E-state index contributed by atoms with van der Waals surface area (Å²) in [5.41, 5.74) is 6.30. The minimum atomic E-state index is -1.11. The first-order valence-electron chi connectivity index (χ1n) is 23.3. The van der Waals surface area contributed by atoms with Gasteiger partial charge in [0.1, 0.15) is 30.5 Å². The minimum Gasteiger partial charge on any atom is -0.394 e. The first-order valence-corrected chi connectivity index (χ1v) is 23.3. The molecule has 66 heavy (non-hydrogen) atoms. The summed E-state index contributed by atoms with van der Waals surface area (Å²) in [7, 11) is 0. The average Bonchev–Trinajstić information content (AvgIpc) is 3.38. The fraction of sp³-hybridized carbons (Fsp3) is 0.368. The highest BCUT2D eigenvalue weighted by atomic mass is 16.6. The predicted octanol–water partition coefficient (Wildman–Crippen LogP) is 10.4. The number of hydrogen-bond acceptors (Lipinski definition) is 9. The van der Waals surface area contributed by atoms with E-state index < -0.39 is 43.2 Å². The van der Waals surface area contributed by atoms with Crippen molar-refractivity contribution in [2.45, 2.75) is 129 Å². The summed E-state index contributed by atoms with van der Waals surface area (Å²) in [6.45, 7) is 8.02. The van der Waals surface area contributed by atoms with Gasteiger partial charge in [0.05, 0.1) is 64.6 Å². The lowest BCUT2D eigenvalue weighted by molar-refractivity contribution is -0.184. The van der Waals surface area contributed by atoms with Crippen LogP contribution in [-0.4, -0.2) is 70.8 Å². The minimum absolute atomic E-state index is 0.226. The Morgan fingerprint density at radius 3 is 0.758 bits per heavy atom. The molecule has 0 aliphatic carbocycles. The van der Waals surface area contributed by atoms with Gasteiger partial charge in [-0.1, -0.05) is 203 Å². The van der Waals surface area contributed by atoms with Crippen molar-refractivity contribution in [3.8, 4) is 0 Å². The van der Waals surface area contributed by atoms with Crippen molar-refractivity contribution in [1.29, 1.82) is 0 Å². The van der Waals surface area contributed by atoms with Crippen LogP contribution in [0.25, 0.3) is 0 Å². The van der Waals surface area contributed by atoms with E-state index >= 15 is 0 Å². The SMILES string of the molecule is CCC(O)[C@H](OCc1ccccc1)[C@H](OCc1ccccc1)[C@@H](CC)OCc1ccccc1.CC[C@@H](OCc1ccccc1)[C@@H](OCc1ccccc1)[C@@H](OCc1ccccc1)C(O)CO. The first kappa shape index (κ1) is 51.9. The molecule has 0 spiro atoms. The Kier molecular flexibility index (Phi) is 23.8. The molecule has 9 heteroatoms. The maximum atomic E-state index is 10.9. The van der Waals surface area contributed by atoms with Gasteiger partial charge in [-0.3, -0.25) is 0 Å². The summed E-state index contributed by atoms with van der Waals surface area (Å²) >= 11 is 0. The molecule has 0 radical (unpaired) electrons. The number of aliphatic hydroxyl groups excluding tert-OH is 3. The molecule has 0 saturated carbocycles. The van der Waals surface area contributed by atoms with Gasteiger partial charge in [0.15, 0.2) is 0 Å². The fourth-order valence-corrected chi connectivity index (χ4v) is 7.53. The van der Waals surface area contributed by atoms with Crippen LogP contribution in [0.15, 0.2) is 182 Å². The van der Waals surface area contributed by atoms with Crippen LogP contribution in [0.3, 0.4) is 0 Å². The van der Waals surface area contributed by atoms with Gasteiger partial charge in [-0.15, -0.1) is 0 Å². The Morgan fingerprint density at radius 2 is 0.530 bits per heavy atom. The van der Waals surface area contributed by atoms with Crippen LogP contribution in [0.5, 0.6) is 0 Å². The summed E-state index contributed by atoms with van der Waals surface area (Å²) < 4.78 is 37.8. The lowest BCUT2D eigenvalue weighted by Gasteiger charge is -2.35. The van der Waals surface area contributed by atoms with Crippen LogP contribution in [0.4, 0.5) is 0 Å². The number of ether oxygens (including phenoxy) is 6. The van der Waals surface area contributed by atoms with Crippen LogP contribution in [0.1, 0.15) is 73.4 Å². The molecule has 6 aromatic carbocycles. The van der Waals surface area contributed by atoms with E-state index in [0.717, 1.165) is 39.8 Å². The van der Waals surface area contributed by atoms with Crippen molar-refractivity contribution < 1.29 is 43.7 Å². The molecule has 6 aromatic rings. The van der Waals surface area contributed by atoms with Crippen molar-refractivity contribution in [2.75, 3.05) is 6.61 Å². The Hall–Kier alpha value is -5.04. The molecular formula is C57H70O9. The molecule has 0 aliphatic heterocycles. The molecule has 0 heterocycles. The van der Waals surface area contributed by atoms with Crippen LogP contribution >= 0.6 is 0 Å². The molecule has 6 rings (SSSR count). The first-order chi connectivity index (χ1) is 32.4. The van der Waals surface area contributed by atoms with Gasteiger partial charge in [-0.05, 0) is 52.6 Å². The van der Waals surface area contributed by atoms with E-state index in [1.54, 1.807) is 0 Å². The van der Waals surface area contributed by atoms with E-state index in [1.807, 2.05) is 184 Å². The molecule has 352 valence electrons. The zero-order chi connectivity index (χ0) is 46.6. The van der Waals surface area contributed by atoms with Crippen LogP contribution in [0, 0.1) is 0 Å². The third-order valence-corrected chi connectivity index (χ3v) is 11.3. The van der Waals surface area contributed by atoms with Gasteiger partial charge in [-0.2, -0.15) is 0 Å². The maximum absolute atomic E-state index is 10.9. The summed E-state index contributed by atoms with van der Waals surface area (Å²) in [6.07, 6.45) is -2.63. The van der Waals surface area contributed by atoms with Gasteiger partial charge in [0, 0.05) is 0 Å². The fourth-order valence-electron chi connectivity index (χ4n) is 7.53. The molecule has 0 aromatic heterocycles. The molecule has 0 saturated heterocycles. The Bertz CT molecular complexity index is 1930. The third kappa shape index (κ3) is 18.0. The van der Waals surface area contributed by atoms with Gasteiger partial charge in [-0.25, -0.2) is 0 Å². The van der Waals surface area contributed by atoms with E-state index in [4.69, 9.17) is 28.4 Å². The highest BCUT2D eigenvalue weighted by molar-refractivity contribution is 5.18. The maximum Gasteiger partial charge on any atom is 0.115 e. The molecule has 0 fully saturated rings. The second-order valence-corrected chi connectivity index (χ2v) is 16.3. The standard InChI is InChI=1S/C29H36O4.C28H34O5/c1-3-26(30)28(32-21-24-16-10-6-11-17-24)29(33-22-25-18-12-7-13-19-25)27(4-2)31-20-23-14-8-5-9-15-23;1-2-26(31-19-22-12-6-3-7-13-22)28(33-21-24-16-10-5-11-17-24)27(25(30)18-29)32-20-23-14-8-4-9-15-23/h5-19,26-30H,3-4,20-22H2,1-2H3;3-17,25-30H,2,18-21H2,1H3/t26?,27-,28+,29-;25?,26-,27+,28-/m11/s1. The highest BCUT2D eigenvalue weighted by Crippen LogP contribution is 2.25. The van der Waals surface area contributed by atoms with E-state index in [-0.39, 0.29) is 12.2 Å². The van der Waals surface area contributed by atoms with E-state index in [0.29, 0.717) is 52.5 Å². The molecule has 0 aliphatic rings. The van der Waals surface area contributed by atoms with E-state index in [9.17, 15) is 15.3 Å². The predicted molar refractivity (Wildman–Crippen MR) is 260 cm³/mol. The zero-order valence-corrected chi connectivity index (χ0v) is 38.8. The van der Waals surface area contributed by atoms with Gasteiger partial charge in [0.25, 0.3) is 0 Å². The monoisotopic (exact) mass is 899 g/mol. The molecular weight excluding hydrogens is 829 g/mol. The molecule has 0 amide bonds. The van der Waals surface area contributed by atoms with Crippen LogP contribution < -0.4 is 0 Å². The number of aliphatic hydroxyl groups is 3. The van der Waals surface area contributed by atoms with Crippen molar-refractivity contribution in [2.24, 2.45) is 0 Å². The van der Waals surface area contributed by atoms with Gasteiger partial charge < -0.3 is 43.7 Å². The number of benzene rings is 6. The quantitative estimate of drug-likeness (QED) is 0.0443.